The number of nitrogens with zero attached hydrogens (tertiary/aromatic N) is 1. The highest BCUT2D eigenvalue weighted by atomic mass is 16.5. The molecule has 1 saturated heterocycles. The number of hydrogen-bond acceptors (Lipinski definition) is 4. The molecule has 1 aliphatic heterocycles. The van der Waals surface area contributed by atoms with Gasteiger partial charge in [-0.25, -0.2) is 0 Å². The van der Waals surface area contributed by atoms with Gasteiger partial charge in [-0.05, 0) is 54.9 Å². The van der Waals surface area contributed by atoms with Gasteiger partial charge >= 0.3 is 0 Å². The molecule has 6 rings (SSSR count). The van der Waals surface area contributed by atoms with E-state index in [0.717, 1.165) is 25.3 Å². The molecule has 11 atom stereocenters. The van der Waals surface area contributed by atoms with Crippen LogP contribution >= 0.6 is 0 Å². The predicted molar refractivity (Wildman–Crippen MR) is 98.5 cm³/mol. The van der Waals surface area contributed by atoms with E-state index in [4.69, 9.17) is 4.74 Å². The molecule has 1 unspecified atom stereocenters. The van der Waals surface area contributed by atoms with Crippen LogP contribution < -0.4 is 0 Å². The Kier molecular flexibility index (Phi) is 3.14. The van der Waals surface area contributed by atoms with Gasteiger partial charge < -0.3 is 14.9 Å². The molecule has 0 radical (unpaired) electrons. The third-order valence-electron chi connectivity index (χ3n) is 10.6. The lowest BCUT2D eigenvalue weighted by Crippen LogP contribution is -2.72. The van der Waals surface area contributed by atoms with Crippen LogP contribution in [0.4, 0.5) is 0 Å². The van der Waals surface area contributed by atoms with Gasteiger partial charge in [0.05, 0.1) is 17.8 Å². The fourth-order valence-corrected chi connectivity index (χ4v) is 10.1. The third kappa shape index (κ3) is 1.54. The maximum Gasteiger partial charge on any atom is 0.0771 e. The first-order chi connectivity index (χ1) is 12.4. The van der Waals surface area contributed by atoms with Crippen molar-refractivity contribution in [2.24, 2.45) is 40.4 Å². The largest absolute Gasteiger partial charge is 0.392 e. The number of methoxy groups -OCH3 is 1. The molecule has 4 nitrogen and oxygen atoms in total. The fraction of sp³-hybridized carbons (Fsp3) is 1.00. The van der Waals surface area contributed by atoms with Crippen LogP contribution in [0, 0.1) is 40.4 Å². The van der Waals surface area contributed by atoms with Crippen LogP contribution in [0.15, 0.2) is 0 Å². The van der Waals surface area contributed by atoms with Crippen LogP contribution in [0.3, 0.4) is 0 Å². The number of aliphatic hydroxyl groups excluding tert-OH is 1. The van der Waals surface area contributed by atoms with Crippen molar-refractivity contribution in [3.8, 4) is 0 Å². The number of fused-ring (bicyclic) bond motifs is 2. The van der Waals surface area contributed by atoms with Crippen LogP contribution in [0.25, 0.3) is 0 Å². The second-order valence-corrected chi connectivity index (χ2v) is 11.0. The summed E-state index contributed by atoms with van der Waals surface area (Å²) in [6.07, 6.45) is 6.64. The van der Waals surface area contributed by atoms with Gasteiger partial charge in [0.2, 0.25) is 0 Å². The van der Waals surface area contributed by atoms with E-state index in [0.29, 0.717) is 28.7 Å². The van der Waals surface area contributed by atoms with E-state index in [1.165, 1.54) is 32.2 Å². The standard InChI is InChI=1S/C22H35NO3/c1-4-23-11-20(2)6-5-7-21-13-8-12-15(26-3)10-22(25,17(13)18(12)24)14(19(21)23)9-16(20)21/h12-19,24-25H,4-11H2,1-3H3/t12-,13-,14+,15+,16-,17-,18+,19?,20+,21-,22+/m1/s1. The van der Waals surface area contributed by atoms with Crippen molar-refractivity contribution in [2.75, 3.05) is 20.2 Å². The van der Waals surface area contributed by atoms with Crippen LogP contribution in [0.2, 0.25) is 0 Å². The van der Waals surface area contributed by atoms with Gasteiger partial charge in [0.15, 0.2) is 0 Å². The molecular formula is C22H35NO3. The molecule has 146 valence electrons. The highest BCUT2D eigenvalue weighted by Gasteiger charge is 2.80. The number of hydrogen-bond donors (Lipinski definition) is 2. The zero-order chi connectivity index (χ0) is 18.1. The maximum absolute atomic E-state index is 12.1. The molecule has 1 heterocycles. The summed E-state index contributed by atoms with van der Waals surface area (Å²) < 4.78 is 5.83. The summed E-state index contributed by atoms with van der Waals surface area (Å²) in [6, 6.07) is 0.527. The minimum absolute atomic E-state index is 0.0249. The third-order valence-corrected chi connectivity index (χ3v) is 10.6. The zero-order valence-electron chi connectivity index (χ0n) is 16.5. The monoisotopic (exact) mass is 361 g/mol. The number of ether oxygens (including phenoxy) is 1. The molecule has 1 spiro atoms. The lowest BCUT2D eigenvalue weighted by molar-refractivity contribution is -0.242. The molecule has 5 saturated carbocycles. The molecule has 6 fully saturated rings. The summed E-state index contributed by atoms with van der Waals surface area (Å²) in [5.74, 6) is 1.86. The van der Waals surface area contributed by atoms with Crippen LogP contribution in [0.1, 0.15) is 52.4 Å². The Morgan fingerprint density at radius 2 is 2.00 bits per heavy atom. The molecule has 5 aliphatic carbocycles. The van der Waals surface area contributed by atoms with Crippen molar-refractivity contribution < 1.29 is 14.9 Å². The Hall–Kier alpha value is -0.160. The van der Waals surface area contributed by atoms with Crippen LogP contribution in [-0.2, 0) is 4.74 Å². The smallest absolute Gasteiger partial charge is 0.0771 e. The van der Waals surface area contributed by atoms with Crippen molar-refractivity contribution in [3.63, 3.8) is 0 Å². The summed E-state index contributed by atoms with van der Waals surface area (Å²) >= 11 is 0. The van der Waals surface area contributed by atoms with E-state index in [2.05, 4.69) is 18.7 Å². The number of rotatable bonds is 2. The Labute approximate surface area is 157 Å². The summed E-state index contributed by atoms with van der Waals surface area (Å²) in [6.45, 7) is 7.16. The first-order valence-electron chi connectivity index (χ1n) is 11.1. The molecular weight excluding hydrogens is 326 g/mol. The van der Waals surface area contributed by atoms with Crippen LogP contribution in [-0.4, -0.2) is 59.2 Å². The van der Waals surface area contributed by atoms with Crippen LogP contribution in [0.5, 0.6) is 0 Å². The second kappa shape index (κ2) is 4.87. The Morgan fingerprint density at radius 3 is 2.73 bits per heavy atom. The van der Waals surface area contributed by atoms with Gasteiger partial charge in [0, 0.05) is 43.9 Å². The van der Waals surface area contributed by atoms with Gasteiger partial charge in [-0.15, -0.1) is 0 Å². The number of aliphatic hydroxyl groups is 2. The first-order valence-corrected chi connectivity index (χ1v) is 11.1. The molecule has 4 heteroatoms. The van der Waals surface area contributed by atoms with Crippen molar-refractivity contribution in [1.82, 2.24) is 4.90 Å². The summed E-state index contributed by atoms with van der Waals surface area (Å²) in [7, 11) is 1.77. The van der Waals surface area contributed by atoms with Crippen molar-refractivity contribution in [1.29, 1.82) is 0 Å². The summed E-state index contributed by atoms with van der Waals surface area (Å²) in [4.78, 5) is 2.75. The second-order valence-electron chi connectivity index (χ2n) is 11.0. The fourth-order valence-electron chi connectivity index (χ4n) is 10.1. The Morgan fingerprint density at radius 1 is 1.19 bits per heavy atom. The van der Waals surface area contributed by atoms with E-state index in [1.54, 1.807) is 7.11 Å². The predicted octanol–water partition coefficient (Wildman–Crippen LogP) is 2.28. The highest BCUT2D eigenvalue weighted by molar-refractivity contribution is 5.31. The molecule has 6 aliphatic rings. The van der Waals surface area contributed by atoms with Crippen molar-refractivity contribution >= 4 is 0 Å². The first kappa shape index (κ1) is 16.8. The van der Waals surface area contributed by atoms with Gasteiger partial charge in [-0.2, -0.15) is 0 Å². The zero-order valence-corrected chi connectivity index (χ0v) is 16.5. The lowest BCUT2D eigenvalue weighted by Gasteiger charge is -2.67. The van der Waals surface area contributed by atoms with Gasteiger partial charge in [-0.3, -0.25) is 4.90 Å². The average Bonchev–Trinajstić information content (AvgIpc) is 3.03. The van der Waals surface area contributed by atoms with Crippen molar-refractivity contribution in [2.45, 2.75) is 76.2 Å². The van der Waals surface area contributed by atoms with E-state index in [-0.39, 0.29) is 24.0 Å². The summed E-state index contributed by atoms with van der Waals surface area (Å²) in [5, 5.41) is 23.4. The minimum atomic E-state index is -0.732. The Balaban J connectivity index is 1.57. The number of piperidine rings is 1. The van der Waals surface area contributed by atoms with Crippen molar-refractivity contribution in [3.05, 3.63) is 0 Å². The molecule has 26 heavy (non-hydrogen) atoms. The van der Waals surface area contributed by atoms with E-state index >= 15 is 0 Å². The average molecular weight is 362 g/mol. The molecule has 0 aromatic heterocycles. The molecule has 0 aromatic carbocycles. The lowest BCUT2D eigenvalue weighted by atomic mass is 9.44. The molecule has 7 bridgehead atoms. The Bertz CT molecular complexity index is 641. The van der Waals surface area contributed by atoms with E-state index in [1.807, 2.05) is 0 Å². The molecule has 0 amide bonds. The quantitative estimate of drug-likeness (QED) is 0.792. The topological polar surface area (TPSA) is 52.9 Å². The molecule has 2 N–H and O–H groups in total. The normalized spacial score (nSPS) is 65.4. The van der Waals surface area contributed by atoms with E-state index < -0.39 is 5.60 Å². The SMILES string of the molecule is CCN1C[C@]2(C)CCC[C@]34C1[C@H](C[C@H]23)[C@@]1(O)C[C@H](OC)[C@H]2C[C@@H]4[C@@H]1[C@H]2O. The minimum Gasteiger partial charge on any atom is -0.392 e. The maximum atomic E-state index is 12.1. The highest BCUT2D eigenvalue weighted by Crippen LogP contribution is 2.78. The molecule has 0 aromatic rings. The summed E-state index contributed by atoms with van der Waals surface area (Å²) in [5.41, 5.74) is 0.00305. The van der Waals surface area contributed by atoms with Gasteiger partial charge in [0.25, 0.3) is 0 Å². The number of likely N-dealkylation sites (tertiary alicyclic amines) is 1. The van der Waals surface area contributed by atoms with E-state index in [9.17, 15) is 10.2 Å². The van der Waals surface area contributed by atoms with Gasteiger partial charge in [0.1, 0.15) is 0 Å². The van der Waals surface area contributed by atoms with Gasteiger partial charge in [-0.1, -0.05) is 20.3 Å².